The lowest BCUT2D eigenvalue weighted by Gasteiger charge is -2.30. The Morgan fingerprint density at radius 3 is 2.81 bits per heavy atom. The molecule has 1 aliphatic heterocycles. The molecular formula is C19H26N6O. The van der Waals surface area contributed by atoms with Crippen LogP contribution in [0.3, 0.4) is 0 Å². The number of rotatable bonds is 4. The topological polar surface area (TPSA) is 60.9 Å². The van der Waals surface area contributed by atoms with Crippen molar-refractivity contribution in [1.82, 2.24) is 29.0 Å². The Kier molecular flexibility index (Phi) is 4.40. The van der Waals surface area contributed by atoms with Gasteiger partial charge in [-0.2, -0.15) is 0 Å². The van der Waals surface area contributed by atoms with Crippen molar-refractivity contribution in [2.75, 3.05) is 19.6 Å². The fourth-order valence-electron chi connectivity index (χ4n) is 4.00. The predicted molar refractivity (Wildman–Crippen MR) is 101 cm³/mol. The average Bonchev–Trinajstić information content (AvgIpc) is 3.22. The highest BCUT2D eigenvalue weighted by Gasteiger charge is 2.22. The van der Waals surface area contributed by atoms with E-state index in [4.69, 9.17) is 0 Å². The molecule has 2 aromatic heterocycles. The Morgan fingerprint density at radius 1 is 1.19 bits per heavy atom. The molecule has 0 saturated carbocycles. The van der Waals surface area contributed by atoms with Gasteiger partial charge in [0.2, 0.25) is 0 Å². The van der Waals surface area contributed by atoms with Crippen molar-refractivity contribution in [3.05, 3.63) is 46.1 Å². The van der Waals surface area contributed by atoms with E-state index >= 15 is 0 Å². The monoisotopic (exact) mass is 354 g/mol. The van der Waals surface area contributed by atoms with Crippen LogP contribution in [0.5, 0.6) is 0 Å². The number of benzene rings is 1. The summed E-state index contributed by atoms with van der Waals surface area (Å²) in [5.74, 6) is 0.481. The van der Waals surface area contributed by atoms with Crippen molar-refractivity contribution >= 4 is 11.0 Å². The molecule has 0 radical (unpaired) electrons. The standard InChI is InChI=1S/C19H26N6O/c1-4-24-9-5-6-15(12-24)16-13-25(21-20-16)11-14-7-8-17-18(10-14)23(3)19(26)22(17)2/h7-8,10,13,15H,4-6,9,11-12H2,1-3H3/t15-/m0/s1. The molecule has 0 N–H and O–H groups in total. The van der Waals surface area contributed by atoms with Crippen LogP contribution in [-0.4, -0.2) is 48.7 Å². The van der Waals surface area contributed by atoms with E-state index in [-0.39, 0.29) is 5.69 Å². The first-order chi connectivity index (χ1) is 12.6. The summed E-state index contributed by atoms with van der Waals surface area (Å²) in [4.78, 5) is 14.6. The second-order valence-electron chi connectivity index (χ2n) is 7.30. The van der Waals surface area contributed by atoms with Gasteiger partial charge in [0.15, 0.2) is 0 Å². The van der Waals surface area contributed by atoms with Gasteiger partial charge in [0.1, 0.15) is 0 Å². The first-order valence-corrected chi connectivity index (χ1v) is 9.33. The van der Waals surface area contributed by atoms with Gasteiger partial charge >= 0.3 is 5.69 Å². The summed E-state index contributed by atoms with van der Waals surface area (Å²) in [6, 6.07) is 6.13. The van der Waals surface area contributed by atoms with E-state index in [1.807, 2.05) is 17.8 Å². The zero-order chi connectivity index (χ0) is 18.3. The van der Waals surface area contributed by atoms with Gasteiger partial charge in [0, 0.05) is 32.8 Å². The second kappa shape index (κ2) is 6.72. The Hall–Kier alpha value is -2.41. The Labute approximate surface area is 152 Å². The minimum atomic E-state index is -0.00188. The third-order valence-electron chi connectivity index (χ3n) is 5.61. The van der Waals surface area contributed by atoms with Gasteiger partial charge in [-0.1, -0.05) is 18.2 Å². The first-order valence-electron chi connectivity index (χ1n) is 9.33. The smallest absolute Gasteiger partial charge is 0.303 e. The summed E-state index contributed by atoms with van der Waals surface area (Å²) in [5, 5.41) is 8.77. The van der Waals surface area contributed by atoms with E-state index < -0.39 is 0 Å². The van der Waals surface area contributed by atoms with Crippen LogP contribution in [0.25, 0.3) is 11.0 Å². The first kappa shape index (κ1) is 17.0. The van der Waals surface area contributed by atoms with Crippen molar-refractivity contribution in [3.8, 4) is 0 Å². The molecule has 1 aromatic carbocycles. The molecule has 3 heterocycles. The number of nitrogens with zero attached hydrogens (tertiary/aromatic N) is 6. The predicted octanol–water partition coefficient (Wildman–Crippen LogP) is 1.72. The summed E-state index contributed by atoms with van der Waals surface area (Å²) >= 11 is 0. The van der Waals surface area contributed by atoms with E-state index in [9.17, 15) is 4.79 Å². The van der Waals surface area contributed by atoms with Gasteiger partial charge in [-0.15, -0.1) is 5.10 Å². The van der Waals surface area contributed by atoms with Gasteiger partial charge in [-0.25, -0.2) is 9.48 Å². The lowest BCUT2D eigenvalue weighted by molar-refractivity contribution is 0.216. The maximum absolute atomic E-state index is 12.1. The molecule has 3 aromatic rings. The van der Waals surface area contributed by atoms with Crippen molar-refractivity contribution in [1.29, 1.82) is 0 Å². The summed E-state index contributed by atoms with van der Waals surface area (Å²) in [7, 11) is 3.61. The number of piperidine rings is 1. The zero-order valence-electron chi connectivity index (χ0n) is 15.7. The number of likely N-dealkylation sites (tertiary alicyclic amines) is 1. The van der Waals surface area contributed by atoms with Crippen LogP contribution in [0.4, 0.5) is 0 Å². The van der Waals surface area contributed by atoms with Gasteiger partial charge in [-0.05, 0) is 43.6 Å². The largest absolute Gasteiger partial charge is 0.328 e. The quantitative estimate of drug-likeness (QED) is 0.716. The van der Waals surface area contributed by atoms with E-state index in [0.717, 1.165) is 35.4 Å². The lowest BCUT2D eigenvalue weighted by Crippen LogP contribution is -2.34. The minimum absolute atomic E-state index is 0.00188. The maximum Gasteiger partial charge on any atom is 0.328 e. The van der Waals surface area contributed by atoms with Gasteiger partial charge in [0.25, 0.3) is 0 Å². The number of likely N-dealkylation sites (N-methyl/N-ethyl adjacent to an activating group) is 1. The van der Waals surface area contributed by atoms with Crippen LogP contribution < -0.4 is 5.69 Å². The van der Waals surface area contributed by atoms with Crippen LogP contribution in [-0.2, 0) is 20.6 Å². The number of imidazole rings is 1. The molecule has 0 bridgehead atoms. The van der Waals surface area contributed by atoms with Crippen LogP contribution in [0.1, 0.15) is 36.9 Å². The molecule has 1 atom stereocenters. The fourth-order valence-corrected chi connectivity index (χ4v) is 4.00. The van der Waals surface area contributed by atoms with Gasteiger partial charge < -0.3 is 4.90 Å². The second-order valence-corrected chi connectivity index (χ2v) is 7.30. The van der Waals surface area contributed by atoms with Crippen molar-refractivity contribution in [3.63, 3.8) is 0 Å². The Bertz CT molecular complexity index is 982. The highest BCUT2D eigenvalue weighted by molar-refractivity contribution is 5.76. The number of aromatic nitrogens is 5. The molecule has 1 saturated heterocycles. The highest BCUT2D eigenvalue weighted by atomic mass is 16.1. The van der Waals surface area contributed by atoms with Crippen molar-refractivity contribution in [2.45, 2.75) is 32.2 Å². The number of hydrogen-bond acceptors (Lipinski definition) is 4. The SMILES string of the molecule is CCN1CCC[C@H](c2cn(Cc3ccc4c(c3)n(C)c(=O)n4C)nn2)C1. The third-order valence-corrected chi connectivity index (χ3v) is 5.61. The molecule has 1 aliphatic rings. The Balaban J connectivity index is 1.55. The fraction of sp³-hybridized carbons (Fsp3) is 0.526. The molecular weight excluding hydrogens is 328 g/mol. The molecule has 138 valence electrons. The minimum Gasteiger partial charge on any atom is -0.303 e. The normalized spacial score (nSPS) is 18.7. The average molecular weight is 354 g/mol. The molecule has 26 heavy (non-hydrogen) atoms. The number of aryl methyl sites for hydroxylation is 2. The number of hydrogen-bond donors (Lipinski definition) is 0. The van der Waals surface area contributed by atoms with E-state index in [1.54, 1.807) is 16.2 Å². The van der Waals surface area contributed by atoms with Crippen molar-refractivity contribution < 1.29 is 0 Å². The third kappa shape index (κ3) is 2.96. The summed E-state index contributed by atoms with van der Waals surface area (Å²) < 4.78 is 5.27. The van der Waals surface area contributed by atoms with E-state index in [0.29, 0.717) is 12.5 Å². The van der Waals surface area contributed by atoms with Gasteiger partial charge in [-0.3, -0.25) is 9.13 Å². The molecule has 7 nitrogen and oxygen atoms in total. The molecule has 0 amide bonds. The zero-order valence-corrected chi connectivity index (χ0v) is 15.7. The van der Waals surface area contributed by atoms with Crippen LogP contribution in [0.2, 0.25) is 0 Å². The summed E-state index contributed by atoms with van der Waals surface area (Å²) in [5.41, 5.74) is 4.10. The Morgan fingerprint density at radius 2 is 2.00 bits per heavy atom. The molecule has 0 aliphatic carbocycles. The lowest BCUT2D eigenvalue weighted by atomic mass is 9.95. The van der Waals surface area contributed by atoms with Crippen LogP contribution in [0.15, 0.2) is 29.2 Å². The number of fused-ring (bicyclic) bond motifs is 1. The molecule has 0 unspecified atom stereocenters. The molecule has 7 heteroatoms. The summed E-state index contributed by atoms with van der Waals surface area (Å²) in [6.45, 7) is 6.24. The maximum atomic E-state index is 12.1. The van der Waals surface area contributed by atoms with Crippen LogP contribution >= 0.6 is 0 Å². The van der Waals surface area contributed by atoms with Crippen LogP contribution in [0, 0.1) is 0 Å². The molecule has 0 spiro atoms. The van der Waals surface area contributed by atoms with E-state index in [2.05, 4.69) is 40.5 Å². The highest BCUT2D eigenvalue weighted by Crippen LogP contribution is 2.25. The molecule has 1 fully saturated rings. The van der Waals surface area contributed by atoms with E-state index in [1.165, 1.54) is 19.4 Å². The van der Waals surface area contributed by atoms with Gasteiger partial charge in [0.05, 0.1) is 23.3 Å². The summed E-state index contributed by atoms with van der Waals surface area (Å²) in [6.07, 6.45) is 4.50. The molecule has 4 rings (SSSR count). The van der Waals surface area contributed by atoms with Crippen molar-refractivity contribution in [2.24, 2.45) is 14.1 Å².